The molecule has 3 heteroatoms. The van der Waals surface area contributed by atoms with Gasteiger partial charge in [0.25, 0.3) is 5.54 Å². The van der Waals surface area contributed by atoms with Gasteiger partial charge in [-0.1, -0.05) is 0 Å². The second-order valence-corrected chi connectivity index (χ2v) is 2.53. The minimum Gasteiger partial charge on any atom is -0.304 e. The molecule has 1 saturated carbocycles. The molecule has 0 amide bonds. The Balaban J connectivity index is 2.75. The quantitative estimate of drug-likeness (QED) is 0.480. The van der Waals surface area contributed by atoms with Gasteiger partial charge >= 0.3 is 5.92 Å². The largest absolute Gasteiger partial charge is 0.320 e. The fraction of sp³-hybridized carbons (Fsp3) is 0.833. The summed E-state index contributed by atoms with van der Waals surface area (Å²) in [6.07, 6.45) is 0.722. The van der Waals surface area contributed by atoms with Crippen LogP contribution in [-0.4, -0.2) is 11.5 Å². The van der Waals surface area contributed by atoms with E-state index < -0.39 is 11.5 Å². The summed E-state index contributed by atoms with van der Waals surface area (Å²) in [5.41, 5.74) is -1.31. The summed E-state index contributed by atoms with van der Waals surface area (Å²) in [7, 11) is 0. The summed E-state index contributed by atoms with van der Waals surface area (Å²) in [6, 6.07) is 0. The van der Waals surface area contributed by atoms with E-state index in [1.165, 1.54) is 0 Å². The Morgan fingerprint density at radius 2 is 2.00 bits per heavy atom. The van der Waals surface area contributed by atoms with Gasteiger partial charge in [0.05, 0.1) is 0 Å². The Hall–Kier alpha value is -0.650. The normalized spacial score (nSPS) is 22.9. The smallest absolute Gasteiger partial charge is 0.304 e. The lowest BCUT2D eigenvalue weighted by atomic mass is 10.1. The first-order valence-corrected chi connectivity index (χ1v) is 2.78. The Labute approximate surface area is 52.5 Å². The summed E-state index contributed by atoms with van der Waals surface area (Å²) in [6.45, 7) is 7.29. The molecular weight excluding hydrogens is 124 g/mol. The second-order valence-electron chi connectivity index (χ2n) is 2.53. The number of alkyl halides is 2. The van der Waals surface area contributed by atoms with Crippen LogP contribution in [0.15, 0.2) is 0 Å². The van der Waals surface area contributed by atoms with Crippen LogP contribution in [0.25, 0.3) is 4.85 Å². The first-order valence-electron chi connectivity index (χ1n) is 2.78. The fourth-order valence-corrected chi connectivity index (χ4v) is 0.767. The van der Waals surface area contributed by atoms with Crippen molar-refractivity contribution in [2.75, 3.05) is 0 Å². The van der Waals surface area contributed by atoms with Crippen LogP contribution < -0.4 is 0 Å². The predicted octanol–water partition coefficient (Wildman–Crippen LogP) is 2.09. The number of halogens is 2. The molecule has 0 bridgehead atoms. The highest BCUT2D eigenvalue weighted by Crippen LogP contribution is 2.51. The van der Waals surface area contributed by atoms with Gasteiger partial charge in [0.15, 0.2) is 0 Å². The monoisotopic (exact) mass is 131 g/mol. The lowest BCUT2D eigenvalue weighted by molar-refractivity contribution is -0.00279. The number of rotatable bonds is 1. The van der Waals surface area contributed by atoms with Crippen LogP contribution in [0, 0.1) is 6.57 Å². The van der Waals surface area contributed by atoms with Crippen molar-refractivity contribution in [3.05, 3.63) is 11.4 Å². The summed E-state index contributed by atoms with van der Waals surface area (Å²) in [5.74, 6) is -2.80. The van der Waals surface area contributed by atoms with E-state index in [0.717, 1.165) is 6.92 Å². The first-order chi connectivity index (χ1) is 4.02. The molecule has 0 aliphatic heterocycles. The van der Waals surface area contributed by atoms with Crippen molar-refractivity contribution in [1.82, 2.24) is 0 Å². The molecule has 0 aromatic rings. The average Bonchev–Trinajstić information content (AvgIpc) is 2.40. The van der Waals surface area contributed by atoms with Crippen molar-refractivity contribution in [1.29, 1.82) is 0 Å². The molecule has 0 saturated heterocycles. The van der Waals surface area contributed by atoms with Crippen LogP contribution in [0.3, 0.4) is 0 Å². The maximum absolute atomic E-state index is 12.3. The van der Waals surface area contributed by atoms with Crippen molar-refractivity contribution in [3.8, 4) is 0 Å². The van der Waals surface area contributed by atoms with Crippen molar-refractivity contribution in [3.63, 3.8) is 0 Å². The number of nitrogens with zero attached hydrogens (tertiary/aromatic N) is 1. The molecule has 1 aliphatic rings. The molecule has 0 unspecified atom stereocenters. The molecule has 0 spiro atoms. The molecule has 50 valence electrons. The zero-order valence-electron chi connectivity index (χ0n) is 5.12. The van der Waals surface area contributed by atoms with E-state index in [2.05, 4.69) is 4.85 Å². The second kappa shape index (κ2) is 1.44. The van der Waals surface area contributed by atoms with Crippen LogP contribution in [0.5, 0.6) is 0 Å². The highest BCUT2D eigenvalue weighted by molar-refractivity contribution is 5.18. The SMILES string of the molecule is [C-]#[N+]C1(C(C)(F)F)CC1. The fourth-order valence-electron chi connectivity index (χ4n) is 0.767. The zero-order valence-corrected chi connectivity index (χ0v) is 5.12. The molecule has 9 heavy (non-hydrogen) atoms. The molecule has 1 nitrogen and oxygen atoms in total. The predicted molar refractivity (Wildman–Crippen MR) is 29.2 cm³/mol. The van der Waals surface area contributed by atoms with E-state index in [0.29, 0.717) is 12.8 Å². The van der Waals surface area contributed by atoms with Gasteiger partial charge in [-0.15, -0.1) is 0 Å². The van der Waals surface area contributed by atoms with Gasteiger partial charge in [0.1, 0.15) is 0 Å². The third-order valence-corrected chi connectivity index (χ3v) is 1.75. The van der Waals surface area contributed by atoms with E-state index >= 15 is 0 Å². The van der Waals surface area contributed by atoms with Crippen molar-refractivity contribution in [2.24, 2.45) is 0 Å². The molecule has 0 radical (unpaired) electrons. The van der Waals surface area contributed by atoms with E-state index in [1.807, 2.05) is 0 Å². The topological polar surface area (TPSA) is 4.36 Å². The highest BCUT2D eigenvalue weighted by atomic mass is 19.3. The molecule has 0 heterocycles. The third kappa shape index (κ3) is 0.787. The van der Waals surface area contributed by atoms with Crippen molar-refractivity contribution in [2.45, 2.75) is 31.2 Å². The molecule has 1 rings (SSSR count). The minimum atomic E-state index is -2.80. The maximum Gasteiger partial charge on any atom is 0.320 e. The van der Waals surface area contributed by atoms with Gasteiger partial charge in [-0.3, -0.25) is 0 Å². The molecule has 0 N–H and O–H groups in total. The van der Waals surface area contributed by atoms with Gasteiger partial charge in [-0.2, -0.15) is 8.78 Å². The number of hydrogen-bond donors (Lipinski definition) is 0. The maximum atomic E-state index is 12.3. The van der Waals surface area contributed by atoms with Crippen molar-refractivity contribution < 1.29 is 8.78 Å². The van der Waals surface area contributed by atoms with Gasteiger partial charge in [0.2, 0.25) is 0 Å². The summed E-state index contributed by atoms with van der Waals surface area (Å²) in [4.78, 5) is 2.90. The van der Waals surface area contributed by atoms with Gasteiger partial charge in [0, 0.05) is 19.8 Å². The summed E-state index contributed by atoms with van der Waals surface area (Å²) < 4.78 is 24.7. The Kier molecular flexibility index (Phi) is 1.03. The lowest BCUT2D eigenvalue weighted by Crippen LogP contribution is -2.28. The van der Waals surface area contributed by atoms with E-state index in [9.17, 15) is 8.78 Å². The molecule has 0 atom stereocenters. The highest BCUT2D eigenvalue weighted by Gasteiger charge is 2.67. The van der Waals surface area contributed by atoms with E-state index in [1.54, 1.807) is 0 Å². The van der Waals surface area contributed by atoms with Gasteiger partial charge in [-0.25, -0.2) is 6.57 Å². The van der Waals surface area contributed by atoms with Crippen LogP contribution in [0.4, 0.5) is 8.78 Å². The molecule has 0 aromatic carbocycles. The summed E-state index contributed by atoms with van der Waals surface area (Å²) >= 11 is 0. The van der Waals surface area contributed by atoms with Crippen LogP contribution in [0.1, 0.15) is 19.8 Å². The van der Waals surface area contributed by atoms with Gasteiger partial charge < -0.3 is 4.85 Å². The zero-order chi connectivity index (χ0) is 7.12. The van der Waals surface area contributed by atoms with E-state index in [4.69, 9.17) is 6.57 Å². The minimum absolute atomic E-state index is 0.361. The standard InChI is InChI=1S/C6H7F2N/c1-5(7,8)6(9-2)3-4-6/h3-4H2,1H3. The lowest BCUT2D eigenvalue weighted by Gasteiger charge is -2.09. The summed E-state index contributed by atoms with van der Waals surface area (Å²) in [5, 5.41) is 0. The first kappa shape index (κ1) is 6.47. The van der Waals surface area contributed by atoms with Crippen LogP contribution in [0.2, 0.25) is 0 Å². The van der Waals surface area contributed by atoms with Crippen molar-refractivity contribution >= 4 is 0 Å². The molecule has 0 aromatic heterocycles. The Morgan fingerprint density at radius 1 is 1.56 bits per heavy atom. The average molecular weight is 131 g/mol. The molecule has 1 aliphatic carbocycles. The number of hydrogen-bond acceptors (Lipinski definition) is 0. The van der Waals surface area contributed by atoms with Crippen LogP contribution >= 0.6 is 0 Å². The Morgan fingerprint density at radius 3 is 2.00 bits per heavy atom. The van der Waals surface area contributed by atoms with E-state index in [-0.39, 0.29) is 0 Å². The Bertz CT molecular complexity index is 159. The molecule has 1 fully saturated rings. The molecular formula is C6H7F2N. The third-order valence-electron chi connectivity index (χ3n) is 1.75. The van der Waals surface area contributed by atoms with Crippen LogP contribution in [-0.2, 0) is 0 Å². The van der Waals surface area contributed by atoms with Gasteiger partial charge in [-0.05, 0) is 0 Å².